The number of hydrogen-bond acceptors (Lipinski definition) is 2. The van der Waals surface area contributed by atoms with Crippen molar-refractivity contribution in [3.05, 3.63) is 64.5 Å². The van der Waals surface area contributed by atoms with E-state index in [-0.39, 0.29) is 5.82 Å². The van der Waals surface area contributed by atoms with Crippen LogP contribution in [0.1, 0.15) is 22.3 Å². The lowest BCUT2D eigenvalue weighted by molar-refractivity contribution is 0.302. The van der Waals surface area contributed by atoms with Gasteiger partial charge < -0.3 is 4.74 Å². The molecule has 3 heteroatoms. The molecule has 2 aromatic rings. The number of hydrogen-bond donors (Lipinski definition) is 0. The third kappa shape index (κ3) is 3.11. The van der Waals surface area contributed by atoms with E-state index in [2.05, 4.69) is 6.07 Å². The van der Waals surface area contributed by atoms with Gasteiger partial charge in [-0.05, 0) is 54.8 Å². The second kappa shape index (κ2) is 5.53. The number of benzene rings is 2. The molecule has 0 radical (unpaired) electrons. The van der Waals surface area contributed by atoms with Gasteiger partial charge >= 0.3 is 0 Å². The van der Waals surface area contributed by atoms with E-state index in [4.69, 9.17) is 10.00 Å². The number of halogens is 1. The smallest absolute Gasteiger partial charge is 0.124 e. The van der Waals surface area contributed by atoms with Crippen LogP contribution in [0.2, 0.25) is 0 Å². The van der Waals surface area contributed by atoms with Gasteiger partial charge in [0.1, 0.15) is 18.2 Å². The Morgan fingerprint density at radius 3 is 2.58 bits per heavy atom. The topological polar surface area (TPSA) is 33.0 Å². The zero-order valence-electron chi connectivity index (χ0n) is 10.9. The van der Waals surface area contributed by atoms with Crippen molar-refractivity contribution in [2.24, 2.45) is 0 Å². The fourth-order valence-corrected chi connectivity index (χ4v) is 1.78. The summed E-state index contributed by atoms with van der Waals surface area (Å²) < 4.78 is 18.9. The van der Waals surface area contributed by atoms with Crippen molar-refractivity contribution in [3.63, 3.8) is 0 Å². The van der Waals surface area contributed by atoms with Crippen molar-refractivity contribution in [3.8, 4) is 11.8 Å². The summed E-state index contributed by atoms with van der Waals surface area (Å²) in [7, 11) is 0. The molecule has 2 aromatic carbocycles. The Bertz CT molecular complexity index is 644. The molecular weight excluding hydrogens is 241 g/mol. The number of nitrogens with zero attached hydrogens (tertiary/aromatic N) is 1. The maximum Gasteiger partial charge on any atom is 0.124 e. The normalized spacial score (nSPS) is 10.0. The summed E-state index contributed by atoms with van der Waals surface area (Å²) in [6.45, 7) is 4.12. The first-order valence-corrected chi connectivity index (χ1v) is 5.99. The van der Waals surface area contributed by atoms with Crippen LogP contribution in [0.15, 0.2) is 36.4 Å². The van der Waals surface area contributed by atoms with Crippen molar-refractivity contribution in [2.45, 2.75) is 20.5 Å². The summed E-state index contributed by atoms with van der Waals surface area (Å²) in [4.78, 5) is 0. The summed E-state index contributed by atoms with van der Waals surface area (Å²) in [5.41, 5.74) is 3.29. The Morgan fingerprint density at radius 1 is 1.11 bits per heavy atom. The van der Waals surface area contributed by atoms with E-state index in [0.29, 0.717) is 17.9 Å². The zero-order valence-corrected chi connectivity index (χ0v) is 10.9. The van der Waals surface area contributed by atoms with Crippen LogP contribution in [0.4, 0.5) is 4.39 Å². The molecule has 0 N–H and O–H groups in total. The van der Waals surface area contributed by atoms with Gasteiger partial charge in [-0.25, -0.2) is 4.39 Å². The fraction of sp³-hybridized carbons (Fsp3) is 0.188. The summed E-state index contributed by atoms with van der Waals surface area (Å²) in [5.74, 6) is 0.384. The molecule has 0 saturated carbocycles. The first kappa shape index (κ1) is 13.1. The second-order valence-corrected chi connectivity index (χ2v) is 4.45. The summed E-state index contributed by atoms with van der Waals surface area (Å²) in [6, 6.07) is 12.0. The number of nitriles is 1. The maximum atomic E-state index is 13.2. The van der Waals surface area contributed by atoms with Gasteiger partial charge in [-0.1, -0.05) is 12.1 Å². The van der Waals surface area contributed by atoms with Gasteiger partial charge in [0.05, 0.1) is 11.6 Å². The minimum absolute atomic E-state index is 0.272. The average molecular weight is 255 g/mol. The van der Waals surface area contributed by atoms with Crippen molar-refractivity contribution in [1.29, 1.82) is 5.26 Å². The highest BCUT2D eigenvalue weighted by Gasteiger charge is 2.05. The fourth-order valence-electron chi connectivity index (χ4n) is 1.78. The molecule has 0 saturated heterocycles. The highest BCUT2D eigenvalue weighted by molar-refractivity contribution is 5.42. The van der Waals surface area contributed by atoms with Crippen LogP contribution in [-0.4, -0.2) is 0 Å². The van der Waals surface area contributed by atoms with Crippen molar-refractivity contribution < 1.29 is 9.13 Å². The van der Waals surface area contributed by atoms with E-state index in [1.54, 1.807) is 18.2 Å². The molecule has 0 amide bonds. The molecule has 19 heavy (non-hydrogen) atoms. The van der Waals surface area contributed by atoms with Gasteiger partial charge in [-0.3, -0.25) is 0 Å². The Morgan fingerprint density at radius 2 is 1.84 bits per heavy atom. The van der Waals surface area contributed by atoms with E-state index in [1.807, 2.05) is 19.9 Å². The third-order valence-electron chi connectivity index (χ3n) is 3.01. The standard InChI is InChI=1S/C16H14FNO/c1-11-4-6-15(17)8-14(11)10-19-16-7-13(9-18)5-3-12(16)2/h3-8H,10H2,1-2H3. The van der Waals surface area contributed by atoms with Gasteiger partial charge in [0, 0.05) is 0 Å². The van der Waals surface area contributed by atoms with E-state index in [9.17, 15) is 4.39 Å². The van der Waals surface area contributed by atoms with Crippen LogP contribution in [0.3, 0.4) is 0 Å². The molecule has 2 nitrogen and oxygen atoms in total. The quantitative estimate of drug-likeness (QED) is 0.833. The predicted molar refractivity (Wildman–Crippen MR) is 71.4 cm³/mol. The Kier molecular flexibility index (Phi) is 3.82. The largest absolute Gasteiger partial charge is 0.489 e. The molecule has 0 unspecified atom stereocenters. The molecule has 0 aliphatic carbocycles. The summed E-state index contributed by atoms with van der Waals surface area (Å²) in [5, 5.41) is 8.86. The maximum absolute atomic E-state index is 13.2. The minimum atomic E-state index is -0.272. The van der Waals surface area contributed by atoms with E-state index >= 15 is 0 Å². The summed E-state index contributed by atoms with van der Waals surface area (Å²) >= 11 is 0. The second-order valence-electron chi connectivity index (χ2n) is 4.45. The van der Waals surface area contributed by atoms with Crippen LogP contribution < -0.4 is 4.74 Å². The summed E-state index contributed by atoms with van der Waals surface area (Å²) in [6.07, 6.45) is 0. The zero-order chi connectivity index (χ0) is 13.8. The molecule has 0 fully saturated rings. The van der Waals surface area contributed by atoms with E-state index < -0.39 is 0 Å². The van der Waals surface area contributed by atoms with Crippen LogP contribution >= 0.6 is 0 Å². The van der Waals surface area contributed by atoms with Crippen LogP contribution in [0.5, 0.6) is 5.75 Å². The molecule has 0 aromatic heterocycles. The molecular formula is C16H14FNO. The Hall–Kier alpha value is -2.34. The monoisotopic (exact) mass is 255 g/mol. The first-order chi connectivity index (χ1) is 9.10. The van der Waals surface area contributed by atoms with Crippen molar-refractivity contribution in [1.82, 2.24) is 0 Å². The number of rotatable bonds is 3. The van der Waals surface area contributed by atoms with Gasteiger partial charge in [0.25, 0.3) is 0 Å². The lowest BCUT2D eigenvalue weighted by Crippen LogP contribution is -2.00. The Labute approximate surface area is 112 Å². The van der Waals surface area contributed by atoms with Crippen LogP contribution in [0, 0.1) is 31.0 Å². The van der Waals surface area contributed by atoms with Crippen molar-refractivity contribution in [2.75, 3.05) is 0 Å². The van der Waals surface area contributed by atoms with E-state index in [0.717, 1.165) is 16.7 Å². The minimum Gasteiger partial charge on any atom is -0.489 e. The number of ether oxygens (including phenoxy) is 1. The van der Waals surface area contributed by atoms with Crippen LogP contribution in [-0.2, 0) is 6.61 Å². The molecule has 0 bridgehead atoms. The molecule has 2 rings (SSSR count). The molecule has 0 aliphatic heterocycles. The molecule has 0 spiro atoms. The van der Waals surface area contributed by atoms with Gasteiger partial charge in [0.2, 0.25) is 0 Å². The lowest BCUT2D eigenvalue weighted by atomic mass is 10.1. The average Bonchev–Trinajstić information content (AvgIpc) is 2.41. The highest BCUT2D eigenvalue weighted by Crippen LogP contribution is 2.21. The Balaban J connectivity index is 2.19. The highest BCUT2D eigenvalue weighted by atomic mass is 19.1. The van der Waals surface area contributed by atoms with Crippen LogP contribution in [0.25, 0.3) is 0 Å². The third-order valence-corrected chi connectivity index (χ3v) is 3.01. The predicted octanol–water partition coefficient (Wildman–Crippen LogP) is 3.89. The lowest BCUT2D eigenvalue weighted by Gasteiger charge is -2.11. The van der Waals surface area contributed by atoms with Crippen molar-refractivity contribution >= 4 is 0 Å². The molecule has 0 aliphatic rings. The molecule has 0 heterocycles. The molecule has 0 atom stereocenters. The van der Waals surface area contributed by atoms with Gasteiger partial charge in [0.15, 0.2) is 0 Å². The van der Waals surface area contributed by atoms with E-state index in [1.165, 1.54) is 12.1 Å². The van der Waals surface area contributed by atoms with Gasteiger partial charge in [-0.2, -0.15) is 5.26 Å². The molecule has 96 valence electrons. The van der Waals surface area contributed by atoms with Gasteiger partial charge in [-0.15, -0.1) is 0 Å². The SMILES string of the molecule is Cc1ccc(F)cc1COc1cc(C#N)ccc1C. The first-order valence-electron chi connectivity index (χ1n) is 5.99. The number of aryl methyl sites for hydroxylation is 2.